The number of amides is 1. The van der Waals surface area contributed by atoms with Gasteiger partial charge in [-0.15, -0.1) is 12.4 Å². The second-order valence-electron chi connectivity index (χ2n) is 5.00. The van der Waals surface area contributed by atoms with E-state index in [1.165, 1.54) is 0 Å². The van der Waals surface area contributed by atoms with Crippen LogP contribution in [0.4, 0.5) is 0 Å². The van der Waals surface area contributed by atoms with Gasteiger partial charge in [-0.3, -0.25) is 4.79 Å². The van der Waals surface area contributed by atoms with Crippen molar-refractivity contribution in [3.8, 4) is 0 Å². The number of hydrogen-bond acceptors (Lipinski definition) is 5. The molecule has 1 aliphatic rings. The predicted octanol–water partition coefficient (Wildman–Crippen LogP) is -0.368. The van der Waals surface area contributed by atoms with E-state index in [0.29, 0.717) is 19.8 Å². The van der Waals surface area contributed by atoms with E-state index in [0.717, 1.165) is 5.56 Å². The summed E-state index contributed by atoms with van der Waals surface area (Å²) in [5.74, 6) is -0.392. The van der Waals surface area contributed by atoms with Crippen LogP contribution in [0.25, 0.3) is 0 Å². The van der Waals surface area contributed by atoms with Crippen LogP contribution < -0.4 is 15.4 Å². The van der Waals surface area contributed by atoms with Gasteiger partial charge in [-0.05, 0) is 5.56 Å². The molecule has 2 rings (SSSR count). The molecule has 23 heavy (non-hydrogen) atoms. The second kappa shape index (κ2) is 9.84. The van der Waals surface area contributed by atoms with E-state index in [4.69, 9.17) is 4.74 Å². The fourth-order valence-electron chi connectivity index (χ4n) is 2.03. The van der Waals surface area contributed by atoms with E-state index in [2.05, 4.69) is 15.4 Å². The SMILES string of the molecule is Cl.O=C(NCCS(=O)(=O)NCc1ccccc1)C1COCCN1. The van der Waals surface area contributed by atoms with Crippen molar-refractivity contribution in [1.29, 1.82) is 0 Å². The maximum Gasteiger partial charge on any atom is 0.239 e. The highest BCUT2D eigenvalue weighted by molar-refractivity contribution is 7.89. The molecule has 1 aromatic rings. The molecule has 1 heterocycles. The summed E-state index contributed by atoms with van der Waals surface area (Å²) in [6, 6.07) is 8.86. The Morgan fingerprint density at radius 3 is 2.70 bits per heavy atom. The monoisotopic (exact) mass is 363 g/mol. The van der Waals surface area contributed by atoms with Crippen molar-refractivity contribution in [2.45, 2.75) is 12.6 Å². The standard InChI is InChI=1S/C14H21N3O4S.ClH/c18-14(13-11-21-8-6-15-13)16-7-9-22(19,20)17-10-12-4-2-1-3-5-12;/h1-5,13,15,17H,6-11H2,(H,16,18);1H. The lowest BCUT2D eigenvalue weighted by molar-refractivity contribution is -0.125. The second-order valence-corrected chi connectivity index (χ2v) is 6.92. The van der Waals surface area contributed by atoms with Gasteiger partial charge in [0.2, 0.25) is 15.9 Å². The molecule has 1 saturated heterocycles. The molecule has 0 aliphatic carbocycles. The number of sulfonamides is 1. The molecule has 1 amide bonds. The zero-order valence-electron chi connectivity index (χ0n) is 12.7. The van der Waals surface area contributed by atoms with Gasteiger partial charge in [0.1, 0.15) is 6.04 Å². The fourth-order valence-corrected chi connectivity index (χ4v) is 2.93. The predicted molar refractivity (Wildman–Crippen MR) is 89.9 cm³/mol. The van der Waals surface area contributed by atoms with Crippen molar-refractivity contribution in [3.63, 3.8) is 0 Å². The normalized spacial score (nSPS) is 18.0. The van der Waals surface area contributed by atoms with Gasteiger partial charge in [0.25, 0.3) is 0 Å². The third-order valence-electron chi connectivity index (χ3n) is 3.25. The van der Waals surface area contributed by atoms with Gasteiger partial charge in [-0.2, -0.15) is 0 Å². The molecule has 3 N–H and O–H groups in total. The number of halogens is 1. The molecule has 1 fully saturated rings. The van der Waals surface area contributed by atoms with Crippen molar-refractivity contribution in [2.75, 3.05) is 32.1 Å². The van der Waals surface area contributed by atoms with E-state index in [-0.39, 0.29) is 37.2 Å². The highest BCUT2D eigenvalue weighted by Gasteiger charge is 2.21. The van der Waals surface area contributed by atoms with Crippen molar-refractivity contribution in [2.24, 2.45) is 0 Å². The van der Waals surface area contributed by atoms with Crippen LogP contribution >= 0.6 is 12.4 Å². The highest BCUT2D eigenvalue weighted by Crippen LogP contribution is 1.99. The van der Waals surface area contributed by atoms with Gasteiger partial charge in [0.15, 0.2) is 0 Å². The van der Waals surface area contributed by atoms with E-state index in [9.17, 15) is 13.2 Å². The quantitative estimate of drug-likeness (QED) is 0.614. The van der Waals surface area contributed by atoms with Crippen LogP contribution in [0.3, 0.4) is 0 Å². The molecular formula is C14H22ClN3O4S. The topological polar surface area (TPSA) is 96.5 Å². The zero-order valence-corrected chi connectivity index (χ0v) is 14.3. The zero-order chi connectivity index (χ0) is 15.8. The van der Waals surface area contributed by atoms with Crippen LogP contribution in [0.2, 0.25) is 0 Å². The van der Waals surface area contributed by atoms with Crippen molar-refractivity contribution >= 4 is 28.3 Å². The van der Waals surface area contributed by atoms with E-state index < -0.39 is 16.1 Å². The number of carbonyl (C=O) groups is 1. The largest absolute Gasteiger partial charge is 0.378 e. The number of benzene rings is 1. The van der Waals surface area contributed by atoms with Crippen LogP contribution in [0.15, 0.2) is 30.3 Å². The summed E-state index contributed by atoms with van der Waals surface area (Å²) in [7, 11) is -3.42. The Hall–Kier alpha value is -1.19. The summed E-state index contributed by atoms with van der Waals surface area (Å²) >= 11 is 0. The number of rotatable bonds is 7. The van der Waals surface area contributed by atoms with Gasteiger partial charge < -0.3 is 15.4 Å². The molecule has 1 atom stereocenters. The first-order chi connectivity index (χ1) is 10.6. The van der Waals surface area contributed by atoms with E-state index >= 15 is 0 Å². The van der Waals surface area contributed by atoms with E-state index in [1.54, 1.807) is 0 Å². The summed E-state index contributed by atoms with van der Waals surface area (Å²) in [4.78, 5) is 11.8. The smallest absolute Gasteiger partial charge is 0.239 e. The van der Waals surface area contributed by atoms with Gasteiger partial charge >= 0.3 is 0 Å². The molecule has 0 radical (unpaired) electrons. The van der Waals surface area contributed by atoms with Gasteiger partial charge in [-0.1, -0.05) is 30.3 Å². The molecule has 1 aliphatic heterocycles. The number of hydrogen-bond donors (Lipinski definition) is 3. The van der Waals surface area contributed by atoms with Crippen LogP contribution in [-0.2, 0) is 26.1 Å². The van der Waals surface area contributed by atoms with Crippen molar-refractivity contribution < 1.29 is 17.9 Å². The Morgan fingerprint density at radius 1 is 1.30 bits per heavy atom. The summed E-state index contributed by atoms with van der Waals surface area (Å²) in [6.45, 7) is 1.83. The molecule has 1 unspecified atom stereocenters. The third-order valence-corrected chi connectivity index (χ3v) is 4.57. The molecule has 0 aromatic heterocycles. The number of carbonyl (C=O) groups excluding carboxylic acids is 1. The first-order valence-corrected chi connectivity index (χ1v) is 8.82. The average Bonchev–Trinajstić information content (AvgIpc) is 2.55. The van der Waals surface area contributed by atoms with Crippen LogP contribution in [-0.4, -0.2) is 52.4 Å². The first-order valence-electron chi connectivity index (χ1n) is 7.17. The van der Waals surface area contributed by atoms with Crippen LogP contribution in [0.5, 0.6) is 0 Å². The summed E-state index contributed by atoms with van der Waals surface area (Å²) in [5.41, 5.74) is 0.888. The van der Waals surface area contributed by atoms with Crippen LogP contribution in [0, 0.1) is 0 Å². The lowest BCUT2D eigenvalue weighted by atomic mass is 10.2. The molecular weight excluding hydrogens is 342 g/mol. The molecule has 1 aromatic carbocycles. The molecule has 130 valence electrons. The Bertz CT molecular complexity index is 577. The minimum atomic E-state index is -3.42. The summed E-state index contributed by atoms with van der Waals surface area (Å²) in [6.07, 6.45) is 0. The number of ether oxygens (including phenoxy) is 1. The number of nitrogens with one attached hydrogen (secondary N) is 3. The lowest BCUT2D eigenvalue weighted by Crippen LogP contribution is -2.52. The van der Waals surface area contributed by atoms with Gasteiger partial charge in [-0.25, -0.2) is 13.1 Å². The Morgan fingerprint density at radius 2 is 2.04 bits per heavy atom. The molecule has 7 nitrogen and oxygen atoms in total. The summed E-state index contributed by atoms with van der Waals surface area (Å²) in [5, 5.41) is 5.62. The average molecular weight is 364 g/mol. The maximum atomic E-state index is 11.9. The maximum absolute atomic E-state index is 11.9. The Kier molecular flexibility index (Phi) is 8.49. The fraction of sp³-hybridized carbons (Fsp3) is 0.500. The van der Waals surface area contributed by atoms with E-state index in [1.807, 2.05) is 30.3 Å². The minimum absolute atomic E-state index is 0. The molecule has 0 spiro atoms. The molecule has 0 saturated carbocycles. The van der Waals surface area contributed by atoms with Crippen molar-refractivity contribution in [3.05, 3.63) is 35.9 Å². The number of morpholine rings is 1. The summed E-state index contributed by atoms with van der Waals surface area (Å²) < 4.78 is 31.4. The molecule has 0 bridgehead atoms. The first kappa shape index (κ1) is 19.9. The Labute approximate surface area is 142 Å². The van der Waals surface area contributed by atoms with Crippen molar-refractivity contribution in [1.82, 2.24) is 15.4 Å². The van der Waals surface area contributed by atoms with Crippen LogP contribution in [0.1, 0.15) is 5.56 Å². The van der Waals surface area contributed by atoms with Gasteiger partial charge in [0.05, 0.1) is 19.0 Å². The highest BCUT2D eigenvalue weighted by atomic mass is 35.5. The Balaban J connectivity index is 0.00000264. The lowest BCUT2D eigenvalue weighted by Gasteiger charge is -2.22. The minimum Gasteiger partial charge on any atom is -0.378 e. The molecule has 9 heteroatoms. The third kappa shape index (κ3) is 7.28. The van der Waals surface area contributed by atoms with Gasteiger partial charge in [0, 0.05) is 19.6 Å².